The van der Waals surface area contributed by atoms with Crippen LogP contribution in [0.4, 0.5) is 0 Å². The number of rotatable bonds is 7. The molecule has 1 atom stereocenters. The molecule has 25 heavy (non-hydrogen) atoms. The van der Waals surface area contributed by atoms with Crippen LogP contribution >= 0.6 is 0 Å². The maximum atomic E-state index is 12.6. The van der Waals surface area contributed by atoms with E-state index in [1.54, 1.807) is 4.57 Å². The third-order valence-corrected chi connectivity index (χ3v) is 6.47. The topological polar surface area (TPSA) is 83.7 Å². The number of hydrogen-bond donors (Lipinski definition) is 0. The van der Waals surface area contributed by atoms with Crippen molar-refractivity contribution in [3.05, 3.63) is 16.3 Å². The third kappa shape index (κ3) is 4.30. The summed E-state index contributed by atoms with van der Waals surface area (Å²) in [6.45, 7) is 4.58. The van der Waals surface area contributed by atoms with Gasteiger partial charge in [-0.1, -0.05) is 0 Å². The predicted octanol–water partition coefficient (Wildman–Crippen LogP) is -0.388. The van der Waals surface area contributed by atoms with Gasteiger partial charge in [-0.05, 0) is 33.9 Å². The molecule has 0 aliphatic carbocycles. The Balaban J connectivity index is 2.28. The van der Waals surface area contributed by atoms with Gasteiger partial charge in [-0.25, -0.2) is 9.48 Å². The molecule has 1 unspecified atom stereocenters. The molecule has 0 amide bonds. The first-order valence-corrected chi connectivity index (χ1v) is 10.1. The minimum atomic E-state index is -3.45. The molecule has 2 rings (SSSR count). The Morgan fingerprint density at radius 3 is 2.48 bits per heavy atom. The summed E-state index contributed by atoms with van der Waals surface area (Å²) in [6.07, 6.45) is 1.60. The molecule has 1 fully saturated rings. The first kappa shape index (κ1) is 20.1. The van der Waals surface area contributed by atoms with Crippen LogP contribution in [0.1, 0.15) is 31.5 Å². The number of nitrogens with zero attached hydrogens (tertiary/aromatic N) is 6. The van der Waals surface area contributed by atoms with Gasteiger partial charge in [-0.3, -0.25) is 4.57 Å². The fourth-order valence-electron chi connectivity index (χ4n) is 3.09. The van der Waals surface area contributed by atoms with E-state index < -0.39 is 10.2 Å². The Kier molecular flexibility index (Phi) is 6.41. The SMILES string of the molecule is CCn1c(C2CCCN(S(=O)(=O)N(C)C)C2)nn(CCN(C)C)c1=O. The summed E-state index contributed by atoms with van der Waals surface area (Å²) < 4.78 is 30.7. The lowest BCUT2D eigenvalue weighted by molar-refractivity contribution is 0.288. The Morgan fingerprint density at radius 1 is 1.24 bits per heavy atom. The van der Waals surface area contributed by atoms with Crippen LogP contribution in [0, 0.1) is 0 Å². The lowest BCUT2D eigenvalue weighted by Crippen LogP contribution is -2.45. The summed E-state index contributed by atoms with van der Waals surface area (Å²) in [5.41, 5.74) is -0.119. The van der Waals surface area contributed by atoms with E-state index in [0.717, 1.165) is 19.4 Å². The Labute approximate surface area is 150 Å². The van der Waals surface area contributed by atoms with Gasteiger partial charge in [0, 0.05) is 46.2 Å². The van der Waals surface area contributed by atoms with E-state index in [0.29, 0.717) is 32.0 Å². The lowest BCUT2D eigenvalue weighted by atomic mass is 9.99. The highest BCUT2D eigenvalue weighted by molar-refractivity contribution is 7.86. The van der Waals surface area contributed by atoms with Gasteiger partial charge < -0.3 is 4.90 Å². The summed E-state index contributed by atoms with van der Waals surface area (Å²) in [7, 11) is 3.53. The highest BCUT2D eigenvalue weighted by atomic mass is 32.2. The Morgan fingerprint density at radius 2 is 1.92 bits per heavy atom. The number of aromatic nitrogens is 3. The molecule has 0 N–H and O–H groups in total. The Bertz CT molecular complexity index is 737. The molecule has 144 valence electrons. The van der Waals surface area contributed by atoms with Crippen LogP contribution in [-0.4, -0.2) is 84.1 Å². The van der Waals surface area contributed by atoms with E-state index in [1.165, 1.54) is 27.4 Å². The van der Waals surface area contributed by atoms with Crippen molar-refractivity contribution in [2.24, 2.45) is 0 Å². The standard InChI is InChI=1S/C15H30N6O3S/c1-6-20-14(16-21(15(20)22)11-10-17(2)3)13-8-7-9-19(12-13)25(23,24)18(4)5/h13H,6-12H2,1-5H3. The minimum Gasteiger partial charge on any atom is -0.308 e. The molecule has 0 radical (unpaired) electrons. The maximum absolute atomic E-state index is 12.6. The lowest BCUT2D eigenvalue weighted by Gasteiger charge is -2.33. The van der Waals surface area contributed by atoms with Crippen LogP contribution in [0.15, 0.2) is 4.79 Å². The van der Waals surface area contributed by atoms with Gasteiger partial charge in [0.05, 0.1) is 6.54 Å². The van der Waals surface area contributed by atoms with Crippen molar-refractivity contribution in [1.29, 1.82) is 0 Å². The molecular weight excluding hydrogens is 344 g/mol. The second kappa shape index (κ2) is 7.98. The van der Waals surface area contributed by atoms with Crippen molar-refractivity contribution in [2.45, 2.75) is 38.8 Å². The zero-order valence-corrected chi connectivity index (χ0v) is 16.7. The van der Waals surface area contributed by atoms with Crippen LogP contribution < -0.4 is 5.69 Å². The van der Waals surface area contributed by atoms with Crippen molar-refractivity contribution in [3.8, 4) is 0 Å². The van der Waals surface area contributed by atoms with Crippen molar-refractivity contribution in [1.82, 2.24) is 27.9 Å². The fourth-order valence-corrected chi connectivity index (χ4v) is 4.28. The molecule has 0 bridgehead atoms. The molecule has 1 aliphatic rings. The van der Waals surface area contributed by atoms with Gasteiger partial charge in [0.25, 0.3) is 10.2 Å². The average Bonchev–Trinajstić information content (AvgIpc) is 2.88. The molecule has 9 nitrogen and oxygen atoms in total. The molecule has 0 saturated carbocycles. The van der Waals surface area contributed by atoms with Crippen molar-refractivity contribution in [2.75, 3.05) is 47.8 Å². The van der Waals surface area contributed by atoms with Crippen LogP contribution in [0.25, 0.3) is 0 Å². The van der Waals surface area contributed by atoms with Crippen molar-refractivity contribution >= 4 is 10.2 Å². The molecule has 1 aromatic rings. The molecule has 0 aromatic carbocycles. The molecular formula is C15H30N6O3S. The fraction of sp³-hybridized carbons (Fsp3) is 0.867. The van der Waals surface area contributed by atoms with E-state index in [9.17, 15) is 13.2 Å². The number of likely N-dealkylation sites (N-methyl/N-ethyl adjacent to an activating group) is 1. The summed E-state index contributed by atoms with van der Waals surface area (Å²) >= 11 is 0. The molecule has 1 aromatic heterocycles. The van der Waals surface area contributed by atoms with Crippen molar-refractivity contribution in [3.63, 3.8) is 0 Å². The van der Waals surface area contributed by atoms with Crippen LogP contribution in [0.2, 0.25) is 0 Å². The predicted molar refractivity (Wildman–Crippen MR) is 96.9 cm³/mol. The molecule has 2 heterocycles. The quantitative estimate of drug-likeness (QED) is 0.649. The second-order valence-corrected chi connectivity index (χ2v) is 9.04. The van der Waals surface area contributed by atoms with E-state index in [2.05, 4.69) is 5.10 Å². The van der Waals surface area contributed by atoms with Gasteiger partial charge in [-0.2, -0.15) is 22.1 Å². The number of piperidine rings is 1. The van der Waals surface area contributed by atoms with Gasteiger partial charge in [0.15, 0.2) is 0 Å². The highest BCUT2D eigenvalue weighted by Crippen LogP contribution is 2.27. The zero-order valence-electron chi connectivity index (χ0n) is 15.8. The largest absolute Gasteiger partial charge is 0.345 e. The highest BCUT2D eigenvalue weighted by Gasteiger charge is 2.33. The zero-order chi connectivity index (χ0) is 18.8. The summed E-state index contributed by atoms with van der Waals surface area (Å²) in [6, 6.07) is 0. The molecule has 0 spiro atoms. The maximum Gasteiger partial charge on any atom is 0.345 e. The normalized spacial score (nSPS) is 19.9. The second-order valence-electron chi connectivity index (χ2n) is 6.90. The van der Waals surface area contributed by atoms with Gasteiger partial charge in [-0.15, -0.1) is 0 Å². The van der Waals surface area contributed by atoms with Gasteiger partial charge >= 0.3 is 5.69 Å². The van der Waals surface area contributed by atoms with Gasteiger partial charge in [0.2, 0.25) is 0 Å². The first-order valence-electron chi connectivity index (χ1n) is 8.68. The van der Waals surface area contributed by atoms with E-state index >= 15 is 0 Å². The first-order chi connectivity index (χ1) is 11.7. The van der Waals surface area contributed by atoms with E-state index in [4.69, 9.17) is 0 Å². The molecule has 1 aliphatic heterocycles. The summed E-state index contributed by atoms with van der Waals surface area (Å²) in [5, 5.41) is 4.54. The van der Waals surface area contributed by atoms with Crippen LogP contribution in [0.3, 0.4) is 0 Å². The van der Waals surface area contributed by atoms with Gasteiger partial charge in [0.1, 0.15) is 5.82 Å². The summed E-state index contributed by atoms with van der Waals surface area (Å²) in [4.78, 5) is 14.6. The van der Waals surface area contributed by atoms with Crippen molar-refractivity contribution < 1.29 is 8.42 Å². The van der Waals surface area contributed by atoms with Crippen LogP contribution in [0.5, 0.6) is 0 Å². The third-order valence-electron chi connectivity index (χ3n) is 4.56. The van der Waals surface area contributed by atoms with Crippen LogP contribution in [-0.2, 0) is 23.3 Å². The smallest absolute Gasteiger partial charge is 0.308 e. The summed E-state index contributed by atoms with van der Waals surface area (Å²) in [5.74, 6) is 0.640. The van der Waals surface area contributed by atoms with E-state index in [-0.39, 0.29) is 11.6 Å². The Hall–Kier alpha value is -1.23. The molecule has 1 saturated heterocycles. The molecule has 10 heteroatoms. The minimum absolute atomic E-state index is 0.0586. The average molecular weight is 375 g/mol. The monoisotopic (exact) mass is 374 g/mol. The van der Waals surface area contributed by atoms with E-state index in [1.807, 2.05) is 25.9 Å². The number of hydrogen-bond acceptors (Lipinski definition) is 5.